The maximum absolute atomic E-state index is 13.3. The molecule has 0 aliphatic carbocycles. The predicted octanol–water partition coefficient (Wildman–Crippen LogP) is 5.23. The molecule has 1 saturated heterocycles. The Morgan fingerprint density at radius 1 is 0.971 bits per heavy atom. The zero-order valence-corrected chi connectivity index (χ0v) is 21.5. The van der Waals surface area contributed by atoms with E-state index in [1.807, 2.05) is 17.0 Å². The molecule has 3 aromatic carbocycles. The van der Waals surface area contributed by atoms with Gasteiger partial charge in [0.25, 0.3) is 5.91 Å². The minimum Gasteiger partial charge on any atom is -0.493 e. The molecule has 1 unspecified atom stereocenters. The third kappa shape index (κ3) is 5.41. The van der Waals surface area contributed by atoms with Gasteiger partial charge in [-0.2, -0.15) is 0 Å². The number of carbonyl (C=O) groups is 1. The van der Waals surface area contributed by atoms with Gasteiger partial charge < -0.3 is 19.3 Å². The van der Waals surface area contributed by atoms with Gasteiger partial charge >= 0.3 is 0 Å². The Balaban J connectivity index is 0.00000289. The van der Waals surface area contributed by atoms with Crippen molar-refractivity contribution in [2.45, 2.75) is 25.7 Å². The van der Waals surface area contributed by atoms with Crippen LogP contribution in [0.25, 0.3) is 10.8 Å². The molecule has 1 atom stereocenters. The van der Waals surface area contributed by atoms with Gasteiger partial charge in [0.05, 0.1) is 14.2 Å². The van der Waals surface area contributed by atoms with E-state index in [0.29, 0.717) is 17.4 Å². The summed E-state index contributed by atoms with van der Waals surface area (Å²) in [6.45, 7) is 4.88. The molecule has 0 aromatic heterocycles. The predicted molar refractivity (Wildman–Crippen MR) is 143 cm³/mol. The van der Waals surface area contributed by atoms with Crippen LogP contribution in [0.1, 0.15) is 34.3 Å². The number of piperidine rings is 1. The first-order chi connectivity index (χ1) is 16.7. The van der Waals surface area contributed by atoms with Crippen molar-refractivity contribution in [3.8, 4) is 11.5 Å². The summed E-state index contributed by atoms with van der Waals surface area (Å²) in [5, 5.41) is 2.68. The number of halogens is 1. The highest BCUT2D eigenvalue weighted by atomic mass is 35.5. The standard InChI is InChI=1S/C29H34N2O3.ClH/c1-33-27-17-24-13-16-31(29(32)26(24)18-28(27)34-2)20-21-7-6-14-30(19-21)15-12-23-10-5-9-22-8-3-4-11-25(22)23;/h3-5,8-11,17-18,21H,6-7,12-16,19-20H2,1-2H3;1H. The second-order valence-electron chi connectivity index (χ2n) is 9.56. The SMILES string of the molecule is COc1cc2c(cc1OC)C(=O)N(CC1CCCN(CCc3cccc4ccccc34)C1)CC2.Cl. The van der Waals surface area contributed by atoms with Crippen LogP contribution >= 0.6 is 12.4 Å². The highest BCUT2D eigenvalue weighted by Gasteiger charge is 2.30. The fraction of sp³-hybridized carbons (Fsp3) is 0.414. The second-order valence-corrected chi connectivity index (χ2v) is 9.56. The van der Waals surface area contributed by atoms with E-state index in [4.69, 9.17) is 9.47 Å². The van der Waals surface area contributed by atoms with E-state index in [2.05, 4.69) is 47.4 Å². The molecule has 6 heteroatoms. The topological polar surface area (TPSA) is 42.0 Å². The molecular formula is C29H35ClN2O3. The normalized spacial score (nSPS) is 18.2. The molecule has 0 bridgehead atoms. The molecule has 0 spiro atoms. The number of methoxy groups -OCH3 is 2. The Morgan fingerprint density at radius 3 is 2.57 bits per heavy atom. The summed E-state index contributed by atoms with van der Waals surface area (Å²) in [4.78, 5) is 17.9. The van der Waals surface area contributed by atoms with Crippen molar-refractivity contribution in [3.63, 3.8) is 0 Å². The molecule has 3 aromatic rings. The molecule has 2 aliphatic rings. The third-order valence-corrected chi connectivity index (χ3v) is 7.44. The number of hydrogen-bond acceptors (Lipinski definition) is 4. The molecule has 2 aliphatic heterocycles. The molecular weight excluding hydrogens is 460 g/mol. The van der Waals surface area contributed by atoms with Crippen molar-refractivity contribution in [2.75, 3.05) is 46.9 Å². The lowest BCUT2D eigenvalue weighted by molar-refractivity contribution is 0.0661. The van der Waals surface area contributed by atoms with Crippen LogP contribution < -0.4 is 9.47 Å². The van der Waals surface area contributed by atoms with Crippen LogP contribution in [0.3, 0.4) is 0 Å². The monoisotopic (exact) mass is 494 g/mol. The Labute approximate surface area is 214 Å². The summed E-state index contributed by atoms with van der Waals surface area (Å²) in [7, 11) is 3.25. The van der Waals surface area contributed by atoms with E-state index in [-0.39, 0.29) is 18.3 Å². The van der Waals surface area contributed by atoms with Gasteiger partial charge in [-0.1, -0.05) is 42.5 Å². The highest BCUT2D eigenvalue weighted by Crippen LogP contribution is 2.33. The van der Waals surface area contributed by atoms with Crippen LogP contribution in [0.15, 0.2) is 54.6 Å². The van der Waals surface area contributed by atoms with Crippen LogP contribution in [0.4, 0.5) is 0 Å². The van der Waals surface area contributed by atoms with Gasteiger partial charge in [0, 0.05) is 31.7 Å². The average molecular weight is 495 g/mol. The molecule has 2 heterocycles. The van der Waals surface area contributed by atoms with Crippen molar-refractivity contribution >= 4 is 29.1 Å². The maximum Gasteiger partial charge on any atom is 0.254 e. The highest BCUT2D eigenvalue weighted by molar-refractivity contribution is 5.97. The van der Waals surface area contributed by atoms with Crippen molar-refractivity contribution in [3.05, 3.63) is 71.3 Å². The fourth-order valence-corrected chi connectivity index (χ4v) is 5.63. The maximum atomic E-state index is 13.3. The summed E-state index contributed by atoms with van der Waals surface area (Å²) in [6.07, 6.45) is 4.31. The number of benzene rings is 3. The summed E-state index contributed by atoms with van der Waals surface area (Å²) < 4.78 is 10.9. The molecule has 1 fully saturated rings. The van der Waals surface area contributed by atoms with Gasteiger partial charge in [0.15, 0.2) is 11.5 Å². The van der Waals surface area contributed by atoms with Crippen LogP contribution in [0.5, 0.6) is 11.5 Å². The number of likely N-dealkylation sites (tertiary alicyclic amines) is 1. The molecule has 186 valence electrons. The van der Waals surface area contributed by atoms with Crippen molar-refractivity contribution < 1.29 is 14.3 Å². The number of nitrogens with zero attached hydrogens (tertiary/aromatic N) is 2. The van der Waals surface area contributed by atoms with Crippen LogP contribution in [0.2, 0.25) is 0 Å². The fourth-order valence-electron chi connectivity index (χ4n) is 5.63. The first-order valence-corrected chi connectivity index (χ1v) is 12.4. The van der Waals surface area contributed by atoms with E-state index in [9.17, 15) is 4.79 Å². The van der Waals surface area contributed by atoms with Gasteiger partial charge in [0.1, 0.15) is 0 Å². The lowest BCUT2D eigenvalue weighted by Crippen LogP contribution is -2.45. The lowest BCUT2D eigenvalue weighted by atomic mass is 9.93. The molecule has 35 heavy (non-hydrogen) atoms. The number of carbonyl (C=O) groups excluding carboxylic acids is 1. The average Bonchev–Trinajstić information content (AvgIpc) is 2.88. The van der Waals surface area contributed by atoms with Crippen molar-refractivity contribution in [1.29, 1.82) is 0 Å². The molecule has 5 rings (SSSR count). The lowest BCUT2D eigenvalue weighted by Gasteiger charge is -2.37. The first kappa shape index (κ1) is 25.3. The van der Waals surface area contributed by atoms with Gasteiger partial charge in [0.2, 0.25) is 0 Å². The molecule has 1 amide bonds. The molecule has 0 N–H and O–H groups in total. The van der Waals surface area contributed by atoms with Gasteiger partial charge in [-0.15, -0.1) is 12.4 Å². The summed E-state index contributed by atoms with van der Waals surface area (Å²) >= 11 is 0. The summed E-state index contributed by atoms with van der Waals surface area (Å²) in [5.41, 5.74) is 3.24. The minimum atomic E-state index is 0. The smallest absolute Gasteiger partial charge is 0.254 e. The van der Waals surface area contributed by atoms with Gasteiger partial charge in [-0.3, -0.25) is 4.79 Å². The van der Waals surface area contributed by atoms with E-state index in [1.54, 1.807) is 14.2 Å². The Kier molecular flexibility index (Phi) is 8.19. The van der Waals surface area contributed by atoms with E-state index < -0.39 is 0 Å². The summed E-state index contributed by atoms with van der Waals surface area (Å²) in [6, 6.07) is 19.1. The zero-order chi connectivity index (χ0) is 23.5. The quantitative estimate of drug-likeness (QED) is 0.451. The van der Waals surface area contributed by atoms with Crippen molar-refractivity contribution in [1.82, 2.24) is 9.80 Å². The molecule has 5 nitrogen and oxygen atoms in total. The zero-order valence-electron chi connectivity index (χ0n) is 20.7. The number of rotatable bonds is 7. The van der Waals surface area contributed by atoms with Crippen LogP contribution in [-0.2, 0) is 12.8 Å². The number of amides is 1. The number of ether oxygens (including phenoxy) is 2. The van der Waals surface area contributed by atoms with E-state index >= 15 is 0 Å². The summed E-state index contributed by atoms with van der Waals surface area (Å²) in [5.74, 6) is 1.95. The Hall–Kier alpha value is -2.76. The molecule has 0 radical (unpaired) electrons. The largest absolute Gasteiger partial charge is 0.493 e. The first-order valence-electron chi connectivity index (χ1n) is 12.4. The Morgan fingerprint density at radius 2 is 1.74 bits per heavy atom. The van der Waals surface area contributed by atoms with Crippen molar-refractivity contribution in [2.24, 2.45) is 5.92 Å². The van der Waals surface area contributed by atoms with E-state index in [1.165, 1.54) is 29.2 Å². The van der Waals surface area contributed by atoms with Gasteiger partial charge in [-0.25, -0.2) is 0 Å². The Bertz CT molecular complexity index is 1180. The number of fused-ring (bicyclic) bond motifs is 2. The third-order valence-electron chi connectivity index (χ3n) is 7.44. The van der Waals surface area contributed by atoms with Gasteiger partial charge in [-0.05, 0) is 72.2 Å². The van der Waals surface area contributed by atoms with Crippen LogP contribution in [0, 0.1) is 5.92 Å². The minimum absolute atomic E-state index is 0. The van der Waals surface area contributed by atoms with E-state index in [0.717, 1.165) is 56.7 Å². The molecule has 0 saturated carbocycles. The second kappa shape index (κ2) is 11.3. The number of hydrogen-bond donors (Lipinski definition) is 0. The van der Waals surface area contributed by atoms with Crippen LogP contribution in [-0.4, -0.2) is 62.7 Å².